The molecule has 0 aliphatic rings. The van der Waals surface area contributed by atoms with E-state index in [4.69, 9.17) is 14.2 Å². The van der Waals surface area contributed by atoms with Crippen molar-refractivity contribution >= 4 is 17.9 Å². The lowest BCUT2D eigenvalue weighted by atomic mass is 10.1. The number of nitrogens with zero attached hydrogens (tertiary/aromatic N) is 1. The van der Waals surface area contributed by atoms with Gasteiger partial charge in [-0.3, -0.25) is 9.59 Å². The predicted octanol–water partition coefficient (Wildman–Crippen LogP) is 13.5. The van der Waals surface area contributed by atoms with Crippen LogP contribution in [-0.4, -0.2) is 75.5 Å². The van der Waals surface area contributed by atoms with Crippen LogP contribution in [0.1, 0.15) is 245 Å². The van der Waals surface area contributed by atoms with Gasteiger partial charge in [-0.15, -0.1) is 0 Å². The molecule has 0 aromatic carbocycles. The number of likely N-dealkylation sites (N-methyl/N-ethyl adjacent to an activating group) is 1. The summed E-state index contributed by atoms with van der Waals surface area (Å²) < 4.78 is 17.2. The van der Waals surface area contributed by atoms with Crippen molar-refractivity contribution < 1.29 is 38.2 Å². The smallest absolute Gasteiger partial charge is 0.306 e. The monoisotopic (exact) mass is 862 g/mol. The van der Waals surface area contributed by atoms with Gasteiger partial charge in [-0.2, -0.15) is 0 Å². The fraction of sp³-hybridized carbons (Fsp3) is 0.868. The van der Waals surface area contributed by atoms with Crippen molar-refractivity contribution in [2.75, 3.05) is 41.0 Å². The molecular formula is C53H99NO7. The summed E-state index contributed by atoms with van der Waals surface area (Å²) in [7, 11) is 5.42. The number of aliphatic carboxylic acids is 1. The SMILES string of the molecule is CCCCCCCCCC/C=C/CCCCCCCCCC(=O)OC(COCCC(C(=O)[O-])[N+](C)(C)C)COC(=O)CCCCCCC/C=C/CCCCCCCCCCC. The van der Waals surface area contributed by atoms with Crippen molar-refractivity contribution in [2.24, 2.45) is 0 Å². The maximum absolute atomic E-state index is 12.8. The highest BCUT2D eigenvalue weighted by Gasteiger charge is 2.25. The normalized spacial score (nSPS) is 13.0. The Morgan fingerprint density at radius 2 is 0.820 bits per heavy atom. The number of allylic oxidation sites excluding steroid dienone is 4. The molecule has 0 aromatic rings. The standard InChI is InChI=1S/C53H99NO7/c1-6-8-10-12-14-16-18-20-22-24-26-28-30-32-34-36-38-40-42-44-52(56)61-49(47-59-46-45-50(53(57)58)54(3,4)5)48-60-51(55)43-41-39-37-35-33-31-29-27-25-23-21-19-17-15-13-11-9-7-2/h24,26-27,29,49-50H,6-23,25,28,30-48H2,1-5H3/b26-24+,29-27+. The number of rotatable bonds is 47. The second-order valence-corrected chi connectivity index (χ2v) is 18.8. The van der Waals surface area contributed by atoms with Crippen molar-refractivity contribution in [3.05, 3.63) is 24.3 Å². The summed E-state index contributed by atoms with van der Waals surface area (Å²) in [5.74, 6) is -1.74. The molecule has 358 valence electrons. The number of esters is 2. The average Bonchev–Trinajstić information content (AvgIpc) is 3.22. The highest BCUT2D eigenvalue weighted by atomic mass is 16.6. The summed E-state index contributed by atoms with van der Waals surface area (Å²) in [6.45, 7) is 4.68. The first kappa shape index (κ1) is 58.8. The Morgan fingerprint density at radius 3 is 1.18 bits per heavy atom. The van der Waals surface area contributed by atoms with Gasteiger partial charge in [0.1, 0.15) is 12.6 Å². The molecule has 0 amide bonds. The van der Waals surface area contributed by atoms with Crippen LogP contribution in [0.2, 0.25) is 0 Å². The molecule has 0 radical (unpaired) electrons. The van der Waals surface area contributed by atoms with Crippen molar-refractivity contribution in [3.8, 4) is 0 Å². The molecule has 0 fully saturated rings. The number of carbonyl (C=O) groups is 3. The Balaban J connectivity index is 4.25. The average molecular weight is 862 g/mol. The number of hydrogen-bond donors (Lipinski definition) is 0. The quantitative estimate of drug-likeness (QED) is 0.0260. The number of quaternary nitrogens is 1. The molecule has 0 saturated carbocycles. The van der Waals surface area contributed by atoms with Crippen LogP contribution in [0.4, 0.5) is 0 Å². The molecule has 0 rings (SSSR count). The Hall–Kier alpha value is -2.19. The minimum Gasteiger partial charge on any atom is -0.544 e. The Kier molecular flexibility index (Phi) is 42.8. The molecule has 8 nitrogen and oxygen atoms in total. The van der Waals surface area contributed by atoms with Gasteiger partial charge in [0.2, 0.25) is 0 Å². The van der Waals surface area contributed by atoms with Crippen molar-refractivity contribution in [1.82, 2.24) is 0 Å². The number of carboxylic acids is 1. The molecule has 0 saturated heterocycles. The van der Waals surface area contributed by atoms with Gasteiger partial charge in [-0.25, -0.2) is 0 Å². The van der Waals surface area contributed by atoms with Gasteiger partial charge in [0.25, 0.3) is 0 Å². The Labute approximate surface area is 377 Å². The van der Waals surface area contributed by atoms with E-state index in [0.717, 1.165) is 51.4 Å². The maximum Gasteiger partial charge on any atom is 0.306 e. The number of carbonyl (C=O) groups excluding carboxylic acids is 3. The van der Waals surface area contributed by atoms with Crippen molar-refractivity contribution in [1.29, 1.82) is 0 Å². The van der Waals surface area contributed by atoms with E-state index in [1.807, 2.05) is 0 Å². The van der Waals surface area contributed by atoms with Crippen LogP contribution >= 0.6 is 0 Å². The number of hydrogen-bond acceptors (Lipinski definition) is 7. The third-order valence-electron chi connectivity index (χ3n) is 11.8. The Morgan fingerprint density at radius 1 is 0.475 bits per heavy atom. The molecule has 0 spiro atoms. The molecule has 0 N–H and O–H groups in total. The van der Waals surface area contributed by atoms with Crippen LogP contribution < -0.4 is 5.11 Å². The summed E-state index contributed by atoms with van der Waals surface area (Å²) >= 11 is 0. The molecule has 0 bridgehead atoms. The number of carboxylic acid groups (broad SMARTS) is 1. The van der Waals surface area contributed by atoms with Crippen LogP contribution in [0.15, 0.2) is 24.3 Å². The first-order valence-corrected chi connectivity index (χ1v) is 25.9. The fourth-order valence-corrected chi connectivity index (χ4v) is 7.77. The molecule has 2 atom stereocenters. The summed E-state index contributed by atoms with van der Waals surface area (Å²) in [6, 6.07) is -0.726. The zero-order valence-corrected chi connectivity index (χ0v) is 40.8. The van der Waals surface area contributed by atoms with Crippen molar-refractivity contribution in [2.45, 2.75) is 257 Å². The lowest BCUT2D eigenvalue weighted by Crippen LogP contribution is -2.55. The van der Waals surface area contributed by atoms with Gasteiger partial charge >= 0.3 is 11.9 Å². The first-order valence-electron chi connectivity index (χ1n) is 25.9. The summed E-state index contributed by atoms with van der Waals surface area (Å²) in [6.07, 6.45) is 50.6. The van der Waals surface area contributed by atoms with Gasteiger partial charge < -0.3 is 28.6 Å². The van der Waals surface area contributed by atoms with Crippen LogP contribution in [0, 0.1) is 0 Å². The van der Waals surface area contributed by atoms with Gasteiger partial charge in [0.15, 0.2) is 6.10 Å². The third-order valence-corrected chi connectivity index (χ3v) is 11.8. The zero-order chi connectivity index (χ0) is 44.9. The Bertz CT molecular complexity index is 1050. The highest BCUT2D eigenvalue weighted by molar-refractivity contribution is 5.70. The van der Waals surface area contributed by atoms with Gasteiger partial charge in [-0.1, -0.05) is 186 Å². The van der Waals surface area contributed by atoms with E-state index in [-0.39, 0.29) is 42.7 Å². The molecule has 0 aliphatic heterocycles. The number of ether oxygens (including phenoxy) is 3. The molecule has 0 heterocycles. The molecule has 2 unspecified atom stereocenters. The molecule has 0 aliphatic carbocycles. The van der Waals surface area contributed by atoms with Gasteiger partial charge in [-0.05, 0) is 64.2 Å². The van der Waals surface area contributed by atoms with E-state index in [9.17, 15) is 19.5 Å². The topological polar surface area (TPSA) is 102 Å². The van der Waals surface area contributed by atoms with E-state index in [1.54, 1.807) is 21.1 Å². The maximum atomic E-state index is 12.8. The largest absolute Gasteiger partial charge is 0.544 e. The van der Waals surface area contributed by atoms with Crippen LogP contribution in [0.3, 0.4) is 0 Å². The van der Waals surface area contributed by atoms with Gasteiger partial charge in [0, 0.05) is 19.3 Å². The lowest BCUT2D eigenvalue weighted by Gasteiger charge is -2.34. The second kappa shape index (κ2) is 44.4. The van der Waals surface area contributed by atoms with Crippen LogP contribution in [-0.2, 0) is 28.6 Å². The molecular weight excluding hydrogens is 763 g/mol. The summed E-state index contributed by atoms with van der Waals surface area (Å²) in [5, 5.41) is 11.7. The third kappa shape index (κ3) is 42.9. The lowest BCUT2D eigenvalue weighted by molar-refractivity contribution is -0.889. The van der Waals surface area contributed by atoms with E-state index in [0.29, 0.717) is 12.8 Å². The van der Waals surface area contributed by atoms with Crippen LogP contribution in [0.5, 0.6) is 0 Å². The van der Waals surface area contributed by atoms with Crippen LogP contribution in [0.25, 0.3) is 0 Å². The number of unbranched alkanes of at least 4 members (excludes halogenated alkanes) is 29. The van der Waals surface area contributed by atoms with Gasteiger partial charge in [0.05, 0.1) is 40.3 Å². The fourth-order valence-electron chi connectivity index (χ4n) is 7.77. The van der Waals surface area contributed by atoms with E-state index in [2.05, 4.69) is 38.2 Å². The minimum absolute atomic E-state index is 0.0396. The first-order chi connectivity index (χ1) is 29.6. The zero-order valence-electron chi connectivity index (χ0n) is 40.8. The second-order valence-electron chi connectivity index (χ2n) is 18.8. The molecule has 61 heavy (non-hydrogen) atoms. The van der Waals surface area contributed by atoms with E-state index in [1.165, 1.54) is 161 Å². The predicted molar refractivity (Wildman–Crippen MR) is 254 cm³/mol. The molecule has 0 aromatic heterocycles. The summed E-state index contributed by atoms with van der Waals surface area (Å²) in [4.78, 5) is 37.0. The highest BCUT2D eigenvalue weighted by Crippen LogP contribution is 2.15. The molecule has 8 heteroatoms. The summed E-state index contributed by atoms with van der Waals surface area (Å²) in [5.41, 5.74) is 0. The minimum atomic E-state index is -1.12. The van der Waals surface area contributed by atoms with E-state index >= 15 is 0 Å². The van der Waals surface area contributed by atoms with E-state index < -0.39 is 18.1 Å². The van der Waals surface area contributed by atoms with Crippen molar-refractivity contribution in [3.63, 3.8) is 0 Å².